The monoisotopic (exact) mass is 430 g/mol. The van der Waals surface area contributed by atoms with Crippen molar-refractivity contribution < 1.29 is 4.79 Å². The third-order valence-electron chi connectivity index (χ3n) is 5.04. The van der Waals surface area contributed by atoms with Crippen LogP contribution in [0.1, 0.15) is 17.7 Å². The number of aromatic amines is 1. The Bertz CT molecular complexity index is 1050. The maximum Gasteiger partial charge on any atom is 0.254 e. The normalized spacial score (nSPS) is 14.6. The minimum Gasteiger partial charge on any atom is -0.344 e. The molecule has 0 saturated carbocycles. The van der Waals surface area contributed by atoms with E-state index in [1.165, 1.54) is 11.8 Å². The van der Waals surface area contributed by atoms with Crippen molar-refractivity contribution >= 4 is 44.5 Å². The summed E-state index contributed by atoms with van der Waals surface area (Å²) < 4.78 is 0. The number of carbonyl (C=O) groups excluding carboxylic acids is 1. The molecule has 1 saturated heterocycles. The maximum absolute atomic E-state index is 12.6. The number of thioether (sulfide) groups is 1. The molecule has 3 aromatic heterocycles. The topological polar surface area (TPSA) is 95.1 Å². The number of fused-ring (bicyclic) bond motifs is 1. The lowest BCUT2D eigenvalue weighted by atomic mass is 10.1. The van der Waals surface area contributed by atoms with Gasteiger partial charge in [-0.3, -0.25) is 9.59 Å². The molecular formula is C19H22N6O2S2. The number of thiazole rings is 1. The summed E-state index contributed by atoms with van der Waals surface area (Å²) >= 11 is 2.98. The molecule has 4 rings (SSSR count). The van der Waals surface area contributed by atoms with E-state index < -0.39 is 0 Å². The Morgan fingerprint density at radius 1 is 1.28 bits per heavy atom. The van der Waals surface area contributed by atoms with Crippen molar-refractivity contribution in [1.29, 1.82) is 0 Å². The maximum atomic E-state index is 12.6. The van der Waals surface area contributed by atoms with Gasteiger partial charge in [0.2, 0.25) is 5.91 Å². The molecule has 0 spiro atoms. The largest absolute Gasteiger partial charge is 0.344 e. The van der Waals surface area contributed by atoms with E-state index in [9.17, 15) is 9.59 Å². The second kappa shape index (κ2) is 8.50. The Morgan fingerprint density at radius 2 is 2.07 bits per heavy atom. The third-order valence-corrected chi connectivity index (χ3v) is 6.66. The molecule has 0 unspecified atom stereocenters. The standard InChI is InChI=1S/C19H22N6O2S2/c1-12-13(16(27)23-18(21-12)28-2)5-6-15(26)24-8-10-25(11-9-24)19-22-14-4-3-7-20-17(14)29-19/h3-4,7H,5-6,8-11H2,1-2H3,(H,21,23,27). The first-order valence-corrected chi connectivity index (χ1v) is 11.5. The highest BCUT2D eigenvalue weighted by atomic mass is 32.2. The fourth-order valence-electron chi connectivity index (χ4n) is 3.41. The zero-order valence-corrected chi connectivity index (χ0v) is 18.0. The smallest absolute Gasteiger partial charge is 0.254 e. The van der Waals surface area contributed by atoms with Gasteiger partial charge in [-0.05, 0) is 31.7 Å². The summed E-state index contributed by atoms with van der Waals surface area (Å²) in [6, 6.07) is 3.85. The summed E-state index contributed by atoms with van der Waals surface area (Å²) in [5.41, 5.74) is 2.05. The van der Waals surface area contributed by atoms with E-state index in [-0.39, 0.29) is 11.5 Å². The van der Waals surface area contributed by atoms with E-state index in [4.69, 9.17) is 0 Å². The minimum atomic E-state index is -0.149. The van der Waals surface area contributed by atoms with Gasteiger partial charge >= 0.3 is 0 Å². The van der Waals surface area contributed by atoms with Crippen LogP contribution in [-0.2, 0) is 11.2 Å². The summed E-state index contributed by atoms with van der Waals surface area (Å²) in [7, 11) is 0. The Labute approximate surface area is 176 Å². The number of nitrogens with one attached hydrogen (secondary N) is 1. The van der Waals surface area contributed by atoms with Crippen molar-refractivity contribution in [1.82, 2.24) is 24.8 Å². The molecule has 1 amide bonds. The lowest BCUT2D eigenvalue weighted by molar-refractivity contribution is -0.131. The summed E-state index contributed by atoms with van der Waals surface area (Å²) in [6.07, 6.45) is 4.37. The average Bonchev–Trinajstić information content (AvgIpc) is 3.17. The molecule has 4 heterocycles. The molecular weight excluding hydrogens is 408 g/mol. The van der Waals surface area contributed by atoms with Gasteiger partial charge in [-0.25, -0.2) is 15.0 Å². The van der Waals surface area contributed by atoms with Gasteiger partial charge in [-0.1, -0.05) is 23.1 Å². The molecule has 0 radical (unpaired) electrons. The molecule has 29 heavy (non-hydrogen) atoms. The number of hydrogen-bond donors (Lipinski definition) is 1. The quantitative estimate of drug-likeness (QED) is 0.489. The molecule has 1 aliphatic rings. The molecule has 10 heteroatoms. The highest BCUT2D eigenvalue weighted by Gasteiger charge is 2.23. The second-order valence-corrected chi connectivity index (χ2v) is 8.58. The molecule has 1 aliphatic heterocycles. The lowest BCUT2D eigenvalue weighted by Crippen LogP contribution is -2.48. The van der Waals surface area contributed by atoms with E-state index in [0.29, 0.717) is 42.3 Å². The fraction of sp³-hybridized carbons (Fsp3) is 0.421. The van der Waals surface area contributed by atoms with Crippen molar-refractivity contribution in [3.05, 3.63) is 39.9 Å². The lowest BCUT2D eigenvalue weighted by Gasteiger charge is -2.34. The van der Waals surface area contributed by atoms with Crippen LogP contribution >= 0.6 is 23.1 Å². The van der Waals surface area contributed by atoms with Crippen LogP contribution < -0.4 is 10.5 Å². The number of aryl methyl sites for hydroxylation is 1. The second-order valence-electron chi connectivity index (χ2n) is 6.83. The van der Waals surface area contributed by atoms with Crippen LogP contribution in [0.15, 0.2) is 28.3 Å². The van der Waals surface area contributed by atoms with Crippen LogP contribution in [0.25, 0.3) is 10.3 Å². The van der Waals surface area contributed by atoms with Gasteiger partial charge in [0.25, 0.3) is 5.56 Å². The number of hydrogen-bond acceptors (Lipinski definition) is 8. The van der Waals surface area contributed by atoms with E-state index >= 15 is 0 Å². The highest BCUT2D eigenvalue weighted by molar-refractivity contribution is 7.98. The van der Waals surface area contributed by atoms with Gasteiger partial charge in [0.1, 0.15) is 10.3 Å². The molecule has 0 aliphatic carbocycles. The summed E-state index contributed by atoms with van der Waals surface area (Å²) in [5.74, 6) is 0.0726. The molecule has 8 nitrogen and oxygen atoms in total. The number of aromatic nitrogens is 4. The van der Waals surface area contributed by atoms with Crippen LogP contribution in [0.2, 0.25) is 0 Å². The van der Waals surface area contributed by atoms with E-state index in [1.807, 2.05) is 30.2 Å². The number of pyridine rings is 1. The zero-order valence-electron chi connectivity index (χ0n) is 16.3. The van der Waals surface area contributed by atoms with Crippen molar-refractivity contribution in [3.63, 3.8) is 0 Å². The predicted molar refractivity (Wildman–Crippen MR) is 116 cm³/mol. The zero-order chi connectivity index (χ0) is 20.4. The van der Waals surface area contributed by atoms with Crippen molar-refractivity contribution in [2.45, 2.75) is 24.9 Å². The Morgan fingerprint density at radius 3 is 2.76 bits per heavy atom. The predicted octanol–water partition coefficient (Wildman–Crippen LogP) is 2.09. The van der Waals surface area contributed by atoms with E-state index in [1.54, 1.807) is 17.5 Å². The van der Waals surface area contributed by atoms with Crippen LogP contribution in [0, 0.1) is 6.92 Å². The molecule has 0 bridgehead atoms. The van der Waals surface area contributed by atoms with Crippen LogP contribution in [0.4, 0.5) is 5.13 Å². The van der Waals surface area contributed by atoms with Gasteiger partial charge in [0, 0.05) is 50.1 Å². The number of rotatable bonds is 5. The summed E-state index contributed by atoms with van der Waals surface area (Å²) in [4.78, 5) is 46.0. The number of anilines is 1. The van der Waals surface area contributed by atoms with Gasteiger partial charge in [-0.15, -0.1) is 0 Å². The Hall–Kier alpha value is -2.46. The number of piperazine rings is 1. The Balaban J connectivity index is 1.34. The number of nitrogens with zero attached hydrogens (tertiary/aromatic N) is 5. The Kier molecular flexibility index (Phi) is 5.81. The van der Waals surface area contributed by atoms with Gasteiger partial charge in [0.05, 0.1) is 0 Å². The fourth-order valence-corrected chi connectivity index (χ4v) is 4.79. The summed E-state index contributed by atoms with van der Waals surface area (Å²) in [6.45, 7) is 4.62. The minimum absolute atomic E-state index is 0.0726. The first-order valence-electron chi connectivity index (χ1n) is 9.43. The van der Waals surface area contributed by atoms with Gasteiger partial charge in [-0.2, -0.15) is 0 Å². The third kappa shape index (κ3) is 4.27. The van der Waals surface area contributed by atoms with Crippen LogP contribution in [0.3, 0.4) is 0 Å². The molecule has 1 N–H and O–H groups in total. The van der Waals surface area contributed by atoms with Crippen LogP contribution in [-0.4, -0.2) is 63.2 Å². The van der Waals surface area contributed by atoms with E-state index in [2.05, 4.69) is 24.8 Å². The van der Waals surface area contributed by atoms with Gasteiger partial charge in [0.15, 0.2) is 10.3 Å². The number of H-pyrrole nitrogens is 1. The SMILES string of the molecule is CSc1nc(C)c(CCC(=O)N2CCN(c3nc4cccnc4s3)CC2)c(=O)[nH]1. The van der Waals surface area contributed by atoms with Crippen molar-refractivity contribution in [3.8, 4) is 0 Å². The molecule has 1 fully saturated rings. The molecule has 152 valence electrons. The highest BCUT2D eigenvalue weighted by Crippen LogP contribution is 2.27. The first kappa shape index (κ1) is 19.8. The van der Waals surface area contributed by atoms with Crippen molar-refractivity contribution in [2.24, 2.45) is 0 Å². The number of amides is 1. The first-order chi connectivity index (χ1) is 14.0. The van der Waals surface area contributed by atoms with Gasteiger partial charge < -0.3 is 14.8 Å². The molecule has 0 aromatic carbocycles. The summed E-state index contributed by atoms with van der Waals surface area (Å²) in [5, 5.41) is 1.55. The molecule has 3 aromatic rings. The van der Waals surface area contributed by atoms with Crippen LogP contribution in [0.5, 0.6) is 0 Å². The average molecular weight is 431 g/mol. The number of carbonyl (C=O) groups is 1. The molecule has 0 atom stereocenters. The van der Waals surface area contributed by atoms with Crippen molar-refractivity contribution in [2.75, 3.05) is 37.3 Å². The van der Waals surface area contributed by atoms with E-state index in [0.717, 1.165) is 28.6 Å².